The highest BCUT2D eigenvalue weighted by atomic mass is 32.2. The summed E-state index contributed by atoms with van der Waals surface area (Å²) in [5.74, 6) is 0.700. The molecular weight excluding hydrogens is 192 g/mol. The third kappa shape index (κ3) is 3.02. The molecule has 6 heteroatoms. The smallest absolute Gasteiger partial charge is 0.153 e. The van der Waals surface area contributed by atoms with Crippen LogP contribution in [-0.4, -0.2) is 26.8 Å². The number of nitrogens with one attached hydrogen (secondary N) is 2. The maximum Gasteiger partial charge on any atom is 0.153 e. The summed E-state index contributed by atoms with van der Waals surface area (Å²) in [5, 5.41) is 3.85. The number of hydrazone groups is 1. The fourth-order valence-corrected chi connectivity index (χ4v) is 0.737. The van der Waals surface area contributed by atoms with Crippen molar-refractivity contribution < 1.29 is 0 Å². The number of imidazole rings is 1. The summed E-state index contributed by atoms with van der Waals surface area (Å²) >= 11 is 6.30. The van der Waals surface area contributed by atoms with Crippen molar-refractivity contribution in [3.63, 3.8) is 0 Å². The lowest BCUT2D eigenvalue weighted by Gasteiger charge is -1.94. The SMILES string of the molecule is CSC(=S)N/N=C/c1ncc[nH]1. The van der Waals surface area contributed by atoms with Gasteiger partial charge < -0.3 is 4.98 Å². The van der Waals surface area contributed by atoms with Gasteiger partial charge in [-0.3, -0.25) is 5.43 Å². The van der Waals surface area contributed by atoms with E-state index in [2.05, 4.69) is 20.5 Å². The number of aromatic amines is 1. The molecule has 0 fully saturated rings. The van der Waals surface area contributed by atoms with Crippen LogP contribution in [0.5, 0.6) is 0 Å². The van der Waals surface area contributed by atoms with Gasteiger partial charge in [-0.25, -0.2) is 4.98 Å². The van der Waals surface area contributed by atoms with Crippen LogP contribution in [0, 0.1) is 0 Å². The molecular formula is C6H8N4S2. The second-order valence-corrected chi connectivity index (χ2v) is 3.32. The lowest BCUT2D eigenvalue weighted by atomic mass is 10.7. The summed E-state index contributed by atoms with van der Waals surface area (Å²) in [5.41, 5.74) is 2.67. The van der Waals surface area contributed by atoms with Crippen LogP contribution in [0.3, 0.4) is 0 Å². The zero-order chi connectivity index (χ0) is 8.81. The average molecular weight is 200 g/mol. The molecule has 12 heavy (non-hydrogen) atoms. The van der Waals surface area contributed by atoms with Gasteiger partial charge in [0.25, 0.3) is 0 Å². The third-order valence-corrected chi connectivity index (χ3v) is 2.10. The molecule has 64 valence electrons. The minimum atomic E-state index is 0.637. The molecule has 0 amide bonds. The molecule has 1 aromatic rings. The molecule has 0 aliphatic rings. The maximum absolute atomic E-state index is 4.86. The Balaban J connectivity index is 2.37. The molecule has 0 aliphatic carbocycles. The Hall–Kier alpha value is -0.880. The molecule has 1 rings (SSSR count). The van der Waals surface area contributed by atoms with Crippen LogP contribution in [0.2, 0.25) is 0 Å². The molecule has 0 radical (unpaired) electrons. The van der Waals surface area contributed by atoms with E-state index in [0.29, 0.717) is 10.1 Å². The van der Waals surface area contributed by atoms with Crippen molar-refractivity contribution in [1.29, 1.82) is 0 Å². The Labute approximate surface area is 79.9 Å². The Kier molecular flexibility index (Phi) is 3.75. The summed E-state index contributed by atoms with van der Waals surface area (Å²) in [4.78, 5) is 6.82. The molecule has 4 nitrogen and oxygen atoms in total. The molecule has 0 bridgehead atoms. The van der Waals surface area contributed by atoms with Crippen LogP contribution in [0.4, 0.5) is 0 Å². The average Bonchev–Trinajstić information content (AvgIpc) is 2.57. The molecule has 0 aromatic carbocycles. The van der Waals surface area contributed by atoms with Crippen molar-refractivity contribution in [2.24, 2.45) is 5.10 Å². The van der Waals surface area contributed by atoms with E-state index in [0.717, 1.165) is 0 Å². The molecule has 0 atom stereocenters. The second-order valence-electron chi connectivity index (χ2n) is 1.84. The summed E-state index contributed by atoms with van der Waals surface area (Å²) in [6.07, 6.45) is 6.85. The predicted molar refractivity (Wildman–Crippen MR) is 55.4 cm³/mol. The van der Waals surface area contributed by atoms with Crippen LogP contribution in [-0.2, 0) is 0 Å². The normalized spacial score (nSPS) is 10.4. The molecule has 1 aromatic heterocycles. The number of thiocarbonyl (C=S) groups is 1. The van der Waals surface area contributed by atoms with Gasteiger partial charge in [0.1, 0.15) is 5.82 Å². The highest BCUT2D eigenvalue weighted by Crippen LogP contribution is 1.92. The monoisotopic (exact) mass is 200 g/mol. The molecule has 0 saturated heterocycles. The van der Waals surface area contributed by atoms with Crippen molar-refractivity contribution in [1.82, 2.24) is 15.4 Å². The van der Waals surface area contributed by atoms with E-state index in [1.54, 1.807) is 18.6 Å². The number of aromatic nitrogens is 2. The molecule has 1 heterocycles. The zero-order valence-corrected chi connectivity index (χ0v) is 8.08. The summed E-state index contributed by atoms with van der Waals surface area (Å²) in [7, 11) is 0. The third-order valence-electron chi connectivity index (χ3n) is 1.05. The van der Waals surface area contributed by atoms with Gasteiger partial charge in [-0.15, -0.1) is 0 Å². The van der Waals surface area contributed by atoms with E-state index in [1.807, 2.05) is 6.26 Å². The van der Waals surface area contributed by atoms with Crippen LogP contribution >= 0.6 is 24.0 Å². The Morgan fingerprint density at radius 1 is 1.92 bits per heavy atom. The summed E-state index contributed by atoms with van der Waals surface area (Å²) < 4.78 is 0.637. The quantitative estimate of drug-likeness (QED) is 0.424. The van der Waals surface area contributed by atoms with Gasteiger partial charge >= 0.3 is 0 Å². The molecule has 0 aliphatic heterocycles. The topological polar surface area (TPSA) is 53.1 Å². The minimum absolute atomic E-state index is 0.637. The highest BCUT2D eigenvalue weighted by molar-refractivity contribution is 8.22. The second kappa shape index (κ2) is 4.89. The van der Waals surface area contributed by atoms with Crippen LogP contribution in [0.1, 0.15) is 5.82 Å². The van der Waals surface area contributed by atoms with Gasteiger partial charge in [0.15, 0.2) is 4.32 Å². The molecule has 0 unspecified atom stereocenters. The fourth-order valence-electron chi connectivity index (χ4n) is 0.540. The number of nitrogens with zero attached hydrogens (tertiary/aromatic N) is 2. The lowest BCUT2D eigenvalue weighted by molar-refractivity contribution is 1.07. The maximum atomic E-state index is 4.86. The van der Waals surface area contributed by atoms with Crippen molar-refractivity contribution in [3.05, 3.63) is 18.2 Å². The first-order chi connectivity index (χ1) is 5.83. The van der Waals surface area contributed by atoms with Crippen molar-refractivity contribution in [2.75, 3.05) is 6.26 Å². The Morgan fingerprint density at radius 2 is 2.75 bits per heavy atom. The van der Waals surface area contributed by atoms with E-state index < -0.39 is 0 Å². The molecule has 0 saturated carbocycles. The zero-order valence-electron chi connectivity index (χ0n) is 6.44. The predicted octanol–water partition coefficient (Wildman–Crippen LogP) is 0.981. The number of thioether (sulfide) groups is 1. The van der Waals surface area contributed by atoms with Crippen LogP contribution < -0.4 is 5.43 Å². The Morgan fingerprint density at radius 3 is 3.33 bits per heavy atom. The Bertz CT molecular complexity index is 267. The summed E-state index contributed by atoms with van der Waals surface area (Å²) in [6, 6.07) is 0. The van der Waals surface area contributed by atoms with Gasteiger partial charge in [-0.05, 0) is 6.26 Å². The van der Waals surface area contributed by atoms with Crippen molar-refractivity contribution in [3.8, 4) is 0 Å². The number of H-pyrrole nitrogens is 1. The van der Waals surface area contributed by atoms with Crippen LogP contribution in [0.25, 0.3) is 0 Å². The standard InChI is InChI=1S/C6H8N4S2/c1-12-6(11)10-9-4-5-7-2-3-8-5/h2-4H,1H3,(H,7,8)(H,10,11)/b9-4+. The van der Waals surface area contributed by atoms with Crippen LogP contribution in [0.15, 0.2) is 17.5 Å². The van der Waals surface area contributed by atoms with Crippen molar-refractivity contribution in [2.45, 2.75) is 0 Å². The van der Waals surface area contributed by atoms with E-state index in [-0.39, 0.29) is 0 Å². The van der Waals surface area contributed by atoms with E-state index >= 15 is 0 Å². The molecule has 2 N–H and O–H groups in total. The minimum Gasteiger partial charge on any atom is -0.344 e. The molecule has 0 spiro atoms. The van der Waals surface area contributed by atoms with Gasteiger partial charge in [0, 0.05) is 12.4 Å². The lowest BCUT2D eigenvalue weighted by Crippen LogP contribution is -2.10. The number of hydrogen-bond donors (Lipinski definition) is 2. The van der Waals surface area contributed by atoms with Gasteiger partial charge in [0.2, 0.25) is 0 Å². The number of hydrogen-bond acceptors (Lipinski definition) is 4. The van der Waals surface area contributed by atoms with E-state index in [4.69, 9.17) is 12.2 Å². The van der Waals surface area contributed by atoms with Crippen molar-refractivity contribution >= 4 is 34.5 Å². The first-order valence-electron chi connectivity index (χ1n) is 3.19. The van der Waals surface area contributed by atoms with E-state index in [1.165, 1.54) is 11.8 Å². The number of rotatable bonds is 2. The fraction of sp³-hybridized carbons (Fsp3) is 0.167. The van der Waals surface area contributed by atoms with E-state index in [9.17, 15) is 0 Å². The highest BCUT2D eigenvalue weighted by Gasteiger charge is 1.88. The van der Waals surface area contributed by atoms with Gasteiger partial charge in [-0.1, -0.05) is 24.0 Å². The largest absolute Gasteiger partial charge is 0.344 e. The first kappa shape index (κ1) is 9.21. The van der Waals surface area contributed by atoms with Gasteiger partial charge in [-0.2, -0.15) is 5.10 Å². The van der Waals surface area contributed by atoms with Gasteiger partial charge in [0.05, 0.1) is 6.21 Å². The summed E-state index contributed by atoms with van der Waals surface area (Å²) in [6.45, 7) is 0. The first-order valence-corrected chi connectivity index (χ1v) is 4.82.